The standard InChI is InChI=1S/C28H20F6N2/c29-27(30,31)21-5-1-17(2-6-21)23-24(18-3-7-22(8-4-18)28(32,33)34)26(20-11-15-36-16-12-20)25(23)19-9-13-35-14-10-19/h1-16,23-26H/t23-,24+,25+,26-. The summed E-state index contributed by atoms with van der Waals surface area (Å²) in [7, 11) is 0. The lowest BCUT2D eigenvalue weighted by Gasteiger charge is -2.53. The summed E-state index contributed by atoms with van der Waals surface area (Å²) in [6, 6.07) is 17.6. The van der Waals surface area contributed by atoms with Gasteiger partial charge in [0.25, 0.3) is 0 Å². The van der Waals surface area contributed by atoms with Gasteiger partial charge in [0, 0.05) is 24.8 Å². The van der Waals surface area contributed by atoms with Crippen LogP contribution in [-0.4, -0.2) is 9.97 Å². The van der Waals surface area contributed by atoms with E-state index in [1.54, 1.807) is 24.8 Å². The third kappa shape index (κ3) is 4.47. The Balaban J connectivity index is 1.64. The molecule has 8 heteroatoms. The third-order valence-electron chi connectivity index (χ3n) is 6.98. The quantitative estimate of drug-likeness (QED) is 0.267. The molecular formula is C28H20F6N2. The Hall–Kier alpha value is -3.68. The van der Waals surface area contributed by atoms with Gasteiger partial charge in [-0.1, -0.05) is 24.3 Å². The second-order valence-electron chi connectivity index (χ2n) is 8.90. The van der Waals surface area contributed by atoms with Gasteiger partial charge in [0.2, 0.25) is 0 Å². The maximum atomic E-state index is 13.2. The first-order valence-corrected chi connectivity index (χ1v) is 11.3. The monoisotopic (exact) mass is 498 g/mol. The summed E-state index contributed by atoms with van der Waals surface area (Å²) in [6.45, 7) is 0. The minimum Gasteiger partial charge on any atom is -0.265 e. The molecule has 0 unspecified atom stereocenters. The Kier molecular flexibility index (Phi) is 6.06. The number of aromatic nitrogens is 2. The van der Waals surface area contributed by atoms with Gasteiger partial charge in [-0.3, -0.25) is 9.97 Å². The van der Waals surface area contributed by atoms with Gasteiger partial charge in [-0.2, -0.15) is 26.3 Å². The van der Waals surface area contributed by atoms with Crippen molar-refractivity contribution in [2.24, 2.45) is 0 Å². The molecule has 0 radical (unpaired) electrons. The fourth-order valence-electron chi connectivity index (χ4n) is 5.37. The second kappa shape index (κ2) is 9.08. The van der Waals surface area contributed by atoms with Gasteiger partial charge < -0.3 is 0 Å². The van der Waals surface area contributed by atoms with Gasteiger partial charge in [-0.15, -0.1) is 0 Å². The Bertz CT molecular complexity index is 1200. The molecule has 0 N–H and O–H groups in total. The van der Waals surface area contributed by atoms with E-state index in [-0.39, 0.29) is 23.7 Å². The number of hydrogen-bond donors (Lipinski definition) is 0. The molecule has 5 rings (SSSR count). The van der Waals surface area contributed by atoms with Gasteiger partial charge in [0.1, 0.15) is 0 Å². The number of benzene rings is 2. The van der Waals surface area contributed by atoms with Crippen LogP contribution in [0.4, 0.5) is 26.3 Å². The largest absolute Gasteiger partial charge is 0.416 e. The van der Waals surface area contributed by atoms with E-state index in [2.05, 4.69) is 9.97 Å². The number of hydrogen-bond acceptors (Lipinski definition) is 2. The molecule has 4 atom stereocenters. The van der Waals surface area contributed by atoms with Crippen LogP contribution >= 0.6 is 0 Å². The lowest BCUT2D eigenvalue weighted by molar-refractivity contribution is -0.138. The van der Waals surface area contributed by atoms with Crippen molar-refractivity contribution in [1.82, 2.24) is 9.97 Å². The van der Waals surface area contributed by atoms with Crippen molar-refractivity contribution in [1.29, 1.82) is 0 Å². The highest BCUT2D eigenvalue weighted by Gasteiger charge is 2.52. The van der Waals surface area contributed by atoms with Gasteiger partial charge in [-0.05, 0) is 94.5 Å². The number of alkyl halides is 6. The van der Waals surface area contributed by atoms with E-state index in [4.69, 9.17) is 0 Å². The van der Waals surface area contributed by atoms with E-state index in [1.807, 2.05) is 24.3 Å². The molecule has 0 bridgehead atoms. The van der Waals surface area contributed by atoms with Crippen LogP contribution in [0.1, 0.15) is 57.1 Å². The molecule has 0 saturated heterocycles. The molecule has 2 heterocycles. The Morgan fingerprint density at radius 1 is 0.389 bits per heavy atom. The first-order chi connectivity index (χ1) is 17.1. The molecule has 36 heavy (non-hydrogen) atoms. The van der Waals surface area contributed by atoms with Gasteiger partial charge in [-0.25, -0.2) is 0 Å². The molecule has 2 aromatic heterocycles. The predicted octanol–water partition coefficient (Wildman–Crippen LogP) is 7.96. The highest BCUT2D eigenvalue weighted by molar-refractivity contribution is 5.48. The van der Waals surface area contributed by atoms with Crippen LogP contribution in [0.15, 0.2) is 97.6 Å². The molecule has 1 aliphatic carbocycles. The van der Waals surface area contributed by atoms with Crippen molar-refractivity contribution in [2.45, 2.75) is 36.0 Å². The summed E-state index contributed by atoms with van der Waals surface area (Å²) >= 11 is 0. The lowest BCUT2D eigenvalue weighted by atomic mass is 9.49. The topological polar surface area (TPSA) is 25.8 Å². The molecule has 2 nitrogen and oxygen atoms in total. The SMILES string of the molecule is FC(F)(F)c1ccc([C@@H]2[C@@H](c3ccncc3)[C@@H](c3ccncc3)[C@@H]2c2ccc(C(F)(F)F)cc2)cc1. The van der Waals surface area contributed by atoms with Gasteiger partial charge in [0.05, 0.1) is 11.1 Å². The fourth-order valence-corrected chi connectivity index (χ4v) is 5.37. The average molecular weight is 498 g/mol. The van der Waals surface area contributed by atoms with Crippen molar-refractivity contribution in [3.8, 4) is 0 Å². The lowest BCUT2D eigenvalue weighted by Crippen LogP contribution is -2.40. The summed E-state index contributed by atoms with van der Waals surface area (Å²) < 4.78 is 79.3. The summed E-state index contributed by atoms with van der Waals surface area (Å²) in [5.41, 5.74) is 1.81. The van der Waals surface area contributed by atoms with Crippen molar-refractivity contribution in [3.05, 3.63) is 131 Å². The number of rotatable bonds is 4. The molecule has 1 aliphatic rings. The highest BCUT2D eigenvalue weighted by Crippen LogP contribution is 2.66. The average Bonchev–Trinajstić information content (AvgIpc) is 2.84. The second-order valence-corrected chi connectivity index (χ2v) is 8.90. The zero-order valence-electron chi connectivity index (χ0n) is 18.7. The highest BCUT2D eigenvalue weighted by atomic mass is 19.4. The van der Waals surface area contributed by atoms with Crippen LogP contribution in [0.5, 0.6) is 0 Å². The molecule has 0 spiro atoms. The van der Waals surface area contributed by atoms with Crippen LogP contribution in [0.2, 0.25) is 0 Å². The van der Waals surface area contributed by atoms with E-state index in [0.717, 1.165) is 35.4 Å². The van der Waals surface area contributed by atoms with Crippen LogP contribution in [-0.2, 0) is 12.4 Å². The first kappa shape index (κ1) is 24.0. The summed E-state index contributed by atoms with van der Waals surface area (Å²) in [5.74, 6) is -0.770. The van der Waals surface area contributed by atoms with E-state index >= 15 is 0 Å². The van der Waals surface area contributed by atoms with E-state index < -0.39 is 23.5 Å². The number of nitrogens with zero attached hydrogens (tertiary/aromatic N) is 2. The van der Waals surface area contributed by atoms with E-state index in [0.29, 0.717) is 11.1 Å². The fraction of sp³-hybridized carbons (Fsp3) is 0.214. The molecule has 0 amide bonds. The van der Waals surface area contributed by atoms with Crippen molar-refractivity contribution >= 4 is 0 Å². The molecule has 4 aromatic rings. The predicted molar refractivity (Wildman–Crippen MR) is 122 cm³/mol. The Morgan fingerprint density at radius 2 is 0.639 bits per heavy atom. The zero-order chi connectivity index (χ0) is 25.5. The van der Waals surface area contributed by atoms with Gasteiger partial charge >= 0.3 is 12.4 Å². The molecule has 1 saturated carbocycles. The third-order valence-corrected chi connectivity index (χ3v) is 6.98. The van der Waals surface area contributed by atoms with Crippen molar-refractivity contribution in [2.75, 3.05) is 0 Å². The van der Waals surface area contributed by atoms with Crippen molar-refractivity contribution < 1.29 is 26.3 Å². The number of halogens is 6. The molecule has 1 fully saturated rings. The minimum atomic E-state index is -4.46. The van der Waals surface area contributed by atoms with Gasteiger partial charge in [0.15, 0.2) is 0 Å². The molecule has 2 aromatic carbocycles. The van der Waals surface area contributed by atoms with Crippen LogP contribution in [0.25, 0.3) is 0 Å². The van der Waals surface area contributed by atoms with E-state index in [9.17, 15) is 26.3 Å². The molecule has 184 valence electrons. The summed E-state index contributed by atoms with van der Waals surface area (Å²) in [4.78, 5) is 8.18. The van der Waals surface area contributed by atoms with Crippen LogP contribution < -0.4 is 0 Å². The first-order valence-electron chi connectivity index (χ1n) is 11.3. The van der Waals surface area contributed by atoms with E-state index in [1.165, 1.54) is 24.3 Å². The smallest absolute Gasteiger partial charge is 0.265 e. The zero-order valence-corrected chi connectivity index (χ0v) is 18.7. The molecule has 0 aliphatic heterocycles. The van der Waals surface area contributed by atoms with Crippen molar-refractivity contribution in [3.63, 3.8) is 0 Å². The Labute approximate surface area is 203 Å². The summed E-state index contributed by atoms with van der Waals surface area (Å²) in [6.07, 6.45) is -2.28. The summed E-state index contributed by atoms with van der Waals surface area (Å²) in [5, 5.41) is 0. The maximum Gasteiger partial charge on any atom is 0.416 e. The maximum absolute atomic E-state index is 13.2. The normalized spacial score (nSPS) is 22.2. The molecular weight excluding hydrogens is 478 g/mol. The Morgan fingerprint density at radius 3 is 0.889 bits per heavy atom. The van der Waals surface area contributed by atoms with Crippen LogP contribution in [0.3, 0.4) is 0 Å². The minimum absolute atomic E-state index is 0.126. The number of pyridine rings is 2. The van der Waals surface area contributed by atoms with Crippen LogP contribution in [0, 0.1) is 0 Å².